The van der Waals surface area contributed by atoms with Gasteiger partial charge in [0.1, 0.15) is 17.7 Å². The number of ether oxygens (including phenoxy) is 1. The van der Waals surface area contributed by atoms with Crippen molar-refractivity contribution in [3.63, 3.8) is 0 Å². The van der Waals surface area contributed by atoms with E-state index in [1.54, 1.807) is 44.2 Å². The lowest BCUT2D eigenvalue weighted by Gasteiger charge is -2.15. The Hall–Kier alpha value is -5.04. The number of benzene rings is 2. The highest BCUT2D eigenvalue weighted by Gasteiger charge is 2.26. The minimum Gasteiger partial charge on any atom is -0.464 e. The van der Waals surface area contributed by atoms with E-state index in [0.29, 0.717) is 22.3 Å². The van der Waals surface area contributed by atoms with Gasteiger partial charge in [-0.2, -0.15) is 5.10 Å². The molecule has 0 radical (unpaired) electrons. The largest absolute Gasteiger partial charge is 0.464 e. The molecule has 6 N–H and O–H groups in total. The molecule has 0 bridgehead atoms. The van der Waals surface area contributed by atoms with Crippen molar-refractivity contribution in [2.45, 2.75) is 19.9 Å². The molecule has 0 fully saturated rings. The molecule has 0 aliphatic carbocycles. The van der Waals surface area contributed by atoms with Gasteiger partial charge in [-0.15, -0.1) is 0 Å². The summed E-state index contributed by atoms with van der Waals surface area (Å²) in [6, 6.07) is 8.89. The molecule has 2 aromatic carbocycles. The number of nitrogens with two attached hydrogens (primary N) is 1. The molecule has 0 aliphatic rings. The summed E-state index contributed by atoms with van der Waals surface area (Å²) in [5, 5.41) is 21.3. The Morgan fingerprint density at radius 2 is 1.90 bits per heavy atom. The van der Waals surface area contributed by atoms with Gasteiger partial charge in [0.15, 0.2) is 11.9 Å². The number of carbonyl (C=O) groups excluding carboxylic acids is 3. The van der Waals surface area contributed by atoms with Gasteiger partial charge in [0.05, 0.1) is 24.5 Å². The van der Waals surface area contributed by atoms with Crippen LogP contribution in [0.25, 0.3) is 16.6 Å². The van der Waals surface area contributed by atoms with E-state index >= 15 is 0 Å². The zero-order chi connectivity index (χ0) is 28.1. The number of aryl methyl sites for hydroxylation is 1. The Labute approximate surface area is 222 Å². The third-order valence-corrected chi connectivity index (χ3v) is 5.71. The summed E-state index contributed by atoms with van der Waals surface area (Å²) in [5.41, 5.74) is 8.66. The summed E-state index contributed by atoms with van der Waals surface area (Å²) in [6.45, 7) is 2.80. The number of anilines is 3. The van der Waals surface area contributed by atoms with E-state index in [9.17, 15) is 23.9 Å². The summed E-state index contributed by atoms with van der Waals surface area (Å²) in [5.74, 6) is -1.92. The van der Waals surface area contributed by atoms with Crippen LogP contribution < -0.4 is 21.7 Å². The SMILES string of the molecule is CCOC(=O)C(CO)NC(=O)c1cn2ncnc(N)c2c1-c1ccc(NC(=O)Nc2cc(C)ccc2F)cc1. The van der Waals surface area contributed by atoms with E-state index in [1.165, 1.54) is 29.2 Å². The number of hydrogen-bond donors (Lipinski definition) is 5. The second-order valence-corrected chi connectivity index (χ2v) is 8.46. The smallest absolute Gasteiger partial charge is 0.331 e. The number of aliphatic hydroxyl groups excluding tert-OH is 1. The predicted molar refractivity (Wildman–Crippen MR) is 142 cm³/mol. The molecule has 0 aliphatic heterocycles. The molecule has 12 nitrogen and oxygen atoms in total. The van der Waals surface area contributed by atoms with Crippen molar-refractivity contribution >= 4 is 40.6 Å². The first kappa shape index (κ1) is 27.0. The minimum absolute atomic E-state index is 0.0412. The molecular formula is C26H26FN7O5. The number of fused-ring (bicyclic) bond motifs is 1. The Morgan fingerprint density at radius 1 is 1.15 bits per heavy atom. The molecule has 3 amide bonds. The molecule has 0 saturated carbocycles. The van der Waals surface area contributed by atoms with Crippen LogP contribution in [0.5, 0.6) is 0 Å². The number of aromatic nitrogens is 3. The average Bonchev–Trinajstić information content (AvgIpc) is 3.31. The van der Waals surface area contributed by atoms with Crippen LogP contribution in [0.15, 0.2) is 55.0 Å². The molecular weight excluding hydrogens is 509 g/mol. The van der Waals surface area contributed by atoms with Crippen molar-refractivity contribution < 1.29 is 28.6 Å². The van der Waals surface area contributed by atoms with Gasteiger partial charge in [-0.1, -0.05) is 18.2 Å². The quantitative estimate of drug-likeness (QED) is 0.214. The minimum atomic E-state index is -1.28. The summed E-state index contributed by atoms with van der Waals surface area (Å²) in [6.07, 6.45) is 2.65. The van der Waals surface area contributed by atoms with Crippen molar-refractivity contribution in [2.24, 2.45) is 0 Å². The van der Waals surface area contributed by atoms with Crippen molar-refractivity contribution in [1.29, 1.82) is 0 Å². The van der Waals surface area contributed by atoms with Crippen molar-refractivity contribution in [1.82, 2.24) is 19.9 Å². The van der Waals surface area contributed by atoms with Crippen LogP contribution in [0.3, 0.4) is 0 Å². The van der Waals surface area contributed by atoms with Gasteiger partial charge >= 0.3 is 12.0 Å². The fourth-order valence-corrected chi connectivity index (χ4v) is 3.90. The molecule has 1 unspecified atom stereocenters. The standard InChI is InChI=1S/C26H26FN7O5/c1-3-39-25(37)20(12-35)32-24(36)17-11-34-22(23(28)29-13-30-34)21(17)15-5-7-16(8-6-15)31-26(38)33-19-10-14(2)4-9-18(19)27/h4-11,13,20,35H,3,12H2,1-2H3,(H,32,36)(H2,28,29,30)(H2,31,33,38). The first-order chi connectivity index (χ1) is 18.7. The number of urea groups is 1. The van der Waals surface area contributed by atoms with Gasteiger partial charge in [0, 0.05) is 17.4 Å². The second kappa shape index (κ2) is 11.6. The van der Waals surface area contributed by atoms with Gasteiger partial charge in [-0.05, 0) is 49.2 Å². The van der Waals surface area contributed by atoms with Gasteiger partial charge in [0.2, 0.25) is 0 Å². The van der Waals surface area contributed by atoms with Crippen LogP contribution in [0.1, 0.15) is 22.8 Å². The van der Waals surface area contributed by atoms with Crippen molar-refractivity contribution in [3.05, 3.63) is 71.9 Å². The molecule has 2 heterocycles. The fraction of sp³-hybridized carbons (Fsp3) is 0.192. The highest BCUT2D eigenvalue weighted by atomic mass is 19.1. The summed E-state index contributed by atoms with van der Waals surface area (Å²) in [4.78, 5) is 41.7. The maximum Gasteiger partial charge on any atom is 0.331 e. The third-order valence-electron chi connectivity index (χ3n) is 5.71. The number of rotatable bonds is 8. The van der Waals surface area contributed by atoms with Gasteiger partial charge in [0.25, 0.3) is 5.91 Å². The number of nitrogen functional groups attached to an aromatic ring is 1. The zero-order valence-electron chi connectivity index (χ0n) is 21.1. The lowest BCUT2D eigenvalue weighted by molar-refractivity contribution is -0.146. The van der Waals surface area contributed by atoms with E-state index in [4.69, 9.17) is 10.5 Å². The first-order valence-electron chi connectivity index (χ1n) is 11.9. The Bertz CT molecular complexity index is 1540. The van der Waals surface area contributed by atoms with Crippen LogP contribution in [0, 0.1) is 12.7 Å². The Balaban J connectivity index is 1.62. The predicted octanol–water partition coefficient (Wildman–Crippen LogP) is 2.72. The van der Waals surface area contributed by atoms with E-state index in [2.05, 4.69) is 26.0 Å². The lowest BCUT2D eigenvalue weighted by atomic mass is 10.0. The van der Waals surface area contributed by atoms with Crippen molar-refractivity contribution in [2.75, 3.05) is 29.6 Å². The van der Waals surface area contributed by atoms with Gasteiger partial charge in [-0.3, -0.25) is 4.79 Å². The molecule has 13 heteroatoms. The molecule has 0 saturated heterocycles. The molecule has 4 aromatic rings. The molecule has 1 atom stereocenters. The maximum absolute atomic E-state index is 14.0. The normalized spacial score (nSPS) is 11.6. The number of nitrogens with one attached hydrogen (secondary N) is 3. The van der Waals surface area contributed by atoms with Crippen LogP contribution in [-0.4, -0.2) is 56.9 Å². The monoisotopic (exact) mass is 535 g/mol. The van der Waals surface area contributed by atoms with E-state index < -0.39 is 36.4 Å². The third kappa shape index (κ3) is 5.93. The Kier molecular flexibility index (Phi) is 8.01. The molecule has 2 aromatic heterocycles. The topological polar surface area (TPSA) is 173 Å². The number of aliphatic hydroxyl groups is 1. The second-order valence-electron chi connectivity index (χ2n) is 8.46. The number of halogens is 1. The number of carbonyl (C=O) groups is 3. The Morgan fingerprint density at radius 3 is 2.59 bits per heavy atom. The van der Waals surface area contributed by atoms with Crippen molar-refractivity contribution in [3.8, 4) is 11.1 Å². The van der Waals surface area contributed by atoms with E-state index in [-0.39, 0.29) is 23.7 Å². The summed E-state index contributed by atoms with van der Waals surface area (Å²) < 4.78 is 20.3. The number of amides is 3. The zero-order valence-corrected chi connectivity index (χ0v) is 21.1. The van der Waals surface area contributed by atoms with Crippen LogP contribution in [0.2, 0.25) is 0 Å². The fourth-order valence-electron chi connectivity index (χ4n) is 3.90. The maximum atomic E-state index is 14.0. The molecule has 39 heavy (non-hydrogen) atoms. The average molecular weight is 536 g/mol. The highest BCUT2D eigenvalue weighted by Crippen LogP contribution is 2.33. The van der Waals surface area contributed by atoms with Crippen LogP contribution in [0.4, 0.5) is 26.4 Å². The molecule has 0 spiro atoms. The van der Waals surface area contributed by atoms with Crippen LogP contribution >= 0.6 is 0 Å². The molecule has 202 valence electrons. The first-order valence-corrected chi connectivity index (χ1v) is 11.9. The lowest BCUT2D eigenvalue weighted by Crippen LogP contribution is -2.44. The number of hydrogen-bond acceptors (Lipinski definition) is 8. The van der Waals surface area contributed by atoms with E-state index in [0.717, 1.165) is 5.56 Å². The van der Waals surface area contributed by atoms with Gasteiger partial charge in [-0.25, -0.2) is 23.5 Å². The summed E-state index contributed by atoms with van der Waals surface area (Å²) in [7, 11) is 0. The molecule has 4 rings (SSSR count). The number of esters is 1. The van der Waals surface area contributed by atoms with Crippen LogP contribution in [-0.2, 0) is 9.53 Å². The highest BCUT2D eigenvalue weighted by molar-refractivity contribution is 6.08. The van der Waals surface area contributed by atoms with E-state index in [1.807, 2.05) is 0 Å². The van der Waals surface area contributed by atoms with Gasteiger partial charge < -0.3 is 31.5 Å². The summed E-state index contributed by atoms with van der Waals surface area (Å²) >= 11 is 0. The number of nitrogens with zero attached hydrogens (tertiary/aromatic N) is 3.